The Balaban J connectivity index is 0.852. The maximum atomic E-state index is 14.2. The van der Waals surface area contributed by atoms with Crippen molar-refractivity contribution in [3.8, 4) is 0 Å². The molecule has 1 unspecified atom stereocenters. The summed E-state index contributed by atoms with van der Waals surface area (Å²) in [6, 6.07) is 56.8. The number of carbonyl (C=O) groups excluding carboxylic acids is 1. The molecule has 5 saturated heterocycles. The monoisotopic (exact) mass is 1590 g/mol. The third-order valence-corrected chi connectivity index (χ3v) is 19.9. The molecular formula is C81H91N7O27. The number of carbonyl (C=O) groups is 3. The summed E-state index contributed by atoms with van der Waals surface area (Å²) < 4.78 is 109. The molecule has 0 aromatic heterocycles. The number of carboxylic acid groups (broad SMARTS) is 2. The molecule has 0 bridgehead atoms. The second-order valence-corrected chi connectivity index (χ2v) is 27.5. The Morgan fingerprint density at radius 2 is 0.696 bits per heavy atom. The van der Waals surface area contributed by atoms with E-state index < -0.39 is 191 Å². The molecule has 1 amide bonds. The van der Waals surface area contributed by atoms with E-state index in [0.717, 1.165) is 5.56 Å². The van der Waals surface area contributed by atoms with E-state index in [9.17, 15) is 61.2 Å². The number of nitrogens with one attached hydrogen (secondary N) is 1. The molecular weight excluding hydrogens is 1500 g/mol. The minimum Gasteiger partial charge on any atom is -0.479 e. The molecule has 5 fully saturated rings. The summed E-state index contributed by atoms with van der Waals surface area (Å²) in [5.41, 5.74) is 25.1. The number of hydrogen-bond donors (Lipinski definition) is 8. The number of rotatable bonds is 37. The van der Waals surface area contributed by atoms with E-state index in [1.54, 1.807) is 176 Å². The SMILES string of the molecule is CO[C@H]1O[C@H](CO)[C@@H](O[C@@H]2O[C@@H](C(=O)O)[C@@H](O[C@H]3O[C@H](CO)C(O[C@@H]4O[C@H](C(=O)O)[C@@H](O[C@H]5O[C@H](CO)[C@@H](OCc6ccccc6)[C@H](OCc6ccccc6)[C@H]5N=[N+]=[N-])[C@H](OCc5ccccc5)[C@H]4OCc4ccccc4)[C@H](O)[C@H]3N=[N+]=[N-])[C@H](OCc3ccccc3)[C@H]2O)[C@H](OCc2ccccc2)[C@H]1NC(=O)OCc1ccccc1. The lowest BCUT2D eigenvalue weighted by Gasteiger charge is -2.51. The number of amides is 1. The molecule has 34 heteroatoms. The van der Waals surface area contributed by atoms with E-state index >= 15 is 0 Å². The lowest BCUT2D eigenvalue weighted by molar-refractivity contribution is -0.382. The second-order valence-electron chi connectivity index (χ2n) is 27.5. The number of hydrogen-bond acceptors (Lipinski definition) is 27. The molecule has 12 rings (SSSR count). The van der Waals surface area contributed by atoms with Crippen LogP contribution in [0.5, 0.6) is 0 Å². The highest BCUT2D eigenvalue weighted by Gasteiger charge is 2.60. The number of methoxy groups -OCH3 is 1. The topological polar surface area (TPSA) is 459 Å². The molecule has 8 N–H and O–H groups in total. The minimum atomic E-state index is -2.26. The van der Waals surface area contributed by atoms with Crippen molar-refractivity contribution in [1.82, 2.24) is 5.32 Å². The number of benzene rings is 7. The third kappa shape index (κ3) is 22.0. The zero-order chi connectivity index (χ0) is 80.6. The normalized spacial score (nSPS) is 31.3. The van der Waals surface area contributed by atoms with Crippen LogP contribution in [-0.4, -0.2) is 234 Å². The maximum absolute atomic E-state index is 14.2. The Labute approximate surface area is 660 Å². The number of aliphatic hydroxyl groups is 5. The van der Waals surface area contributed by atoms with Crippen molar-refractivity contribution in [2.75, 3.05) is 26.9 Å². The first-order valence-corrected chi connectivity index (χ1v) is 37.2. The smallest absolute Gasteiger partial charge is 0.407 e. The van der Waals surface area contributed by atoms with Crippen LogP contribution in [0, 0.1) is 0 Å². The quantitative estimate of drug-likeness (QED) is 0.0112. The van der Waals surface area contributed by atoms with Crippen molar-refractivity contribution in [1.29, 1.82) is 0 Å². The number of aliphatic hydroxyl groups excluding tert-OH is 5. The summed E-state index contributed by atoms with van der Waals surface area (Å²) in [6.45, 7) is -3.88. The van der Waals surface area contributed by atoms with Gasteiger partial charge in [-0.3, -0.25) is 0 Å². The van der Waals surface area contributed by atoms with Gasteiger partial charge in [0.15, 0.2) is 43.7 Å². The predicted molar refractivity (Wildman–Crippen MR) is 398 cm³/mol. The molecule has 115 heavy (non-hydrogen) atoms. The molecule has 34 nitrogen and oxygen atoms in total. The molecule has 0 radical (unpaired) electrons. The summed E-state index contributed by atoms with van der Waals surface area (Å²) in [4.78, 5) is 48.0. The first-order valence-electron chi connectivity index (χ1n) is 37.2. The van der Waals surface area contributed by atoms with E-state index in [1.165, 1.54) is 7.11 Å². The molecule has 612 valence electrons. The van der Waals surface area contributed by atoms with Crippen LogP contribution in [0.15, 0.2) is 223 Å². The Kier molecular flexibility index (Phi) is 31.3. The highest BCUT2D eigenvalue weighted by molar-refractivity contribution is 5.74. The van der Waals surface area contributed by atoms with Gasteiger partial charge in [-0.1, -0.05) is 223 Å². The third-order valence-electron chi connectivity index (χ3n) is 19.9. The van der Waals surface area contributed by atoms with Gasteiger partial charge in [-0.2, -0.15) is 0 Å². The molecule has 5 heterocycles. The van der Waals surface area contributed by atoms with Crippen LogP contribution in [-0.2, 0) is 136 Å². The zero-order valence-corrected chi connectivity index (χ0v) is 62.2. The highest BCUT2D eigenvalue weighted by Crippen LogP contribution is 2.41. The number of aliphatic carboxylic acids is 2. The number of carboxylic acids is 2. The summed E-state index contributed by atoms with van der Waals surface area (Å²) >= 11 is 0. The van der Waals surface area contributed by atoms with Crippen molar-refractivity contribution < 1.29 is 131 Å². The zero-order valence-electron chi connectivity index (χ0n) is 62.2. The fourth-order valence-corrected chi connectivity index (χ4v) is 14.2. The van der Waals surface area contributed by atoms with Gasteiger partial charge >= 0.3 is 18.0 Å². The Bertz CT molecular complexity index is 4220. The molecule has 7 aromatic rings. The van der Waals surface area contributed by atoms with Crippen LogP contribution in [0.4, 0.5) is 4.79 Å². The van der Waals surface area contributed by atoms with Crippen molar-refractivity contribution in [2.24, 2.45) is 10.2 Å². The summed E-state index contributed by atoms with van der Waals surface area (Å²) in [7, 11) is 1.29. The molecule has 25 atom stereocenters. The van der Waals surface area contributed by atoms with Crippen molar-refractivity contribution in [3.63, 3.8) is 0 Å². The average molecular weight is 1590 g/mol. The average Bonchev–Trinajstić information content (AvgIpc) is 0.763. The first kappa shape index (κ1) is 84.9. The van der Waals surface area contributed by atoms with E-state index in [0.29, 0.717) is 33.4 Å². The van der Waals surface area contributed by atoms with Gasteiger partial charge in [0.25, 0.3) is 0 Å². The van der Waals surface area contributed by atoms with E-state index in [1.807, 2.05) is 36.4 Å². The number of alkyl carbamates (subject to hydrolysis) is 1. The summed E-state index contributed by atoms with van der Waals surface area (Å²) in [6.07, 6.45) is -39.9. The molecule has 0 saturated carbocycles. The molecule has 0 spiro atoms. The largest absolute Gasteiger partial charge is 0.479 e. The Morgan fingerprint density at radius 1 is 0.365 bits per heavy atom. The fourth-order valence-electron chi connectivity index (χ4n) is 14.2. The molecule has 5 aliphatic rings. The summed E-state index contributed by atoms with van der Waals surface area (Å²) in [5.74, 6) is -3.45. The van der Waals surface area contributed by atoms with Gasteiger partial charge < -0.3 is 122 Å². The highest BCUT2D eigenvalue weighted by atomic mass is 16.8. The lowest BCUT2D eigenvalue weighted by atomic mass is 9.93. The van der Waals surface area contributed by atoms with Crippen LogP contribution in [0.2, 0.25) is 0 Å². The van der Waals surface area contributed by atoms with Crippen LogP contribution < -0.4 is 5.32 Å². The van der Waals surface area contributed by atoms with E-state index in [2.05, 4.69) is 25.4 Å². The number of nitrogens with zero attached hydrogens (tertiary/aromatic N) is 6. The van der Waals surface area contributed by atoms with Gasteiger partial charge in [0.2, 0.25) is 0 Å². The van der Waals surface area contributed by atoms with Crippen LogP contribution >= 0.6 is 0 Å². The van der Waals surface area contributed by atoms with Gasteiger partial charge in [-0.25, -0.2) is 14.4 Å². The van der Waals surface area contributed by atoms with Gasteiger partial charge in [0, 0.05) is 16.9 Å². The van der Waals surface area contributed by atoms with E-state index in [4.69, 9.17) is 80.5 Å². The second kappa shape index (κ2) is 42.4. The number of azide groups is 2. The Morgan fingerprint density at radius 3 is 1.12 bits per heavy atom. The first-order chi connectivity index (χ1) is 56.2. The maximum Gasteiger partial charge on any atom is 0.407 e. The van der Waals surface area contributed by atoms with Gasteiger partial charge in [0.05, 0.1) is 65.6 Å². The van der Waals surface area contributed by atoms with Crippen molar-refractivity contribution in [3.05, 3.63) is 272 Å². The minimum absolute atomic E-state index is 0.0177. The van der Waals surface area contributed by atoms with Crippen molar-refractivity contribution >= 4 is 18.0 Å². The summed E-state index contributed by atoms with van der Waals surface area (Å²) in [5, 5.41) is 92.8. The van der Waals surface area contributed by atoms with Crippen LogP contribution in [0.1, 0.15) is 38.9 Å². The van der Waals surface area contributed by atoms with Crippen molar-refractivity contribution in [2.45, 2.75) is 200 Å². The van der Waals surface area contributed by atoms with Gasteiger partial charge in [-0.05, 0) is 50.0 Å². The predicted octanol–water partition coefficient (Wildman–Crippen LogP) is 6.83. The van der Waals surface area contributed by atoms with Crippen LogP contribution in [0.25, 0.3) is 20.9 Å². The van der Waals surface area contributed by atoms with E-state index in [-0.39, 0.29) is 46.2 Å². The number of ether oxygens (including phenoxy) is 17. The van der Waals surface area contributed by atoms with Gasteiger partial charge in [-0.15, -0.1) is 0 Å². The lowest BCUT2D eigenvalue weighted by Crippen LogP contribution is -2.69. The van der Waals surface area contributed by atoms with Crippen LogP contribution in [0.3, 0.4) is 0 Å². The molecule has 0 aliphatic carbocycles. The standard InChI is InChI=1S/C81H91N7O27/c1-99-76-58(84-81(98)106-46-53-35-21-8-22-36-53)65(101-41-48-25-11-3-12-26-48)64(56(39-91)107-76)111-79-61(93)67(103-43-50-29-15-5-16-30-50)69(71(114-79)74(94)95)112-77-57(85-87-82)60(92)62(54(37-89)108-77)110-80-73(105-45-52-33-19-7-20-34-52)68(104-44-51-31-17-6-18-32-51)70(72(115-80)75(96)97)113-78-59(86-88-83)66(102-42-49-27-13-4-14-28-49)63(55(38-90)109-78)100-40-47-23-9-2-10-24-47/h2-36,54-73,76-80,89-93H,37-46H2,1H3,(H,84,98)(H,94,95)(H,96,97)/t54-,55-,56-,57-,58-,59-,60-,61-,62?,63-,64-,65-,66-,67-,68+,69+,70+,71-,72+,73-,76+,77-,78-,79-,80-/m1/s1. The fraction of sp³-hybridized carbons (Fsp3) is 0.444. The Hall–Kier alpha value is -9.47. The van der Waals surface area contributed by atoms with Gasteiger partial charge in [0.1, 0.15) is 110 Å². The molecule has 5 aliphatic heterocycles. The molecule has 7 aromatic carbocycles.